The van der Waals surface area contributed by atoms with E-state index in [1.807, 2.05) is 6.92 Å². The van der Waals surface area contributed by atoms with Crippen molar-refractivity contribution in [3.8, 4) is 5.75 Å². The molecule has 2 N–H and O–H groups in total. The number of aliphatic hydroxyl groups is 1. The molecule has 19 heavy (non-hydrogen) atoms. The molecule has 0 bridgehead atoms. The molecule has 3 unspecified atom stereocenters. The third-order valence-electron chi connectivity index (χ3n) is 3.80. The van der Waals surface area contributed by atoms with Crippen LogP contribution in [0.4, 0.5) is 4.39 Å². The Balaban J connectivity index is 2.09. The predicted octanol–water partition coefficient (Wildman–Crippen LogP) is 2.79. The molecule has 2 rings (SSSR count). The molecule has 1 aromatic rings. The zero-order valence-corrected chi connectivity index (χ0v) is 11.5. The number of aliphatic hydroxyl groups excluding tert-OH is 1. The SMILES string of the molecule is COc1cccc(F)c1C(C)NC1CCCC(O)C1. The number of methoxy groups -OCH3 is 1. The lowest BCUT2D eigenvalue weighted by molar-refractivity contribution is 0.109. The molecule has 1 aromatic carbocycles. The Labute approximate surface area is 113 Å². The molecule has 1 saturated carbocycles. The standard InChI is InChI=1S/C15H22FNO2/c1-10(17-11-5-3-6-12(18)9-11)15-13(16)7-4-8-14(15)19-2/h4,7-8,10-12,17-18H,3,5-6,9H2,1-2H3. The van der Waals surface area contributed by atoms with Crippen molar-refractivity contribution in [3.63, 3.8) is 0 Å². The van der Waals surface area contributed by atoms with Gasteiger partial charge in [0, 0.05) is 17.6 Å². The maximum absolute atomic E-state index is 13.9. The van der Waals surface area contributed by atoms with Crippen LogP contribution in [0.25, 0.3) is 0 Å². The second kappa shape index (κ2) is 6.35. The summed E-state index contributed by atoms with van der Waals surface area (Å²) in [6.45, 7) is 1.93. The molecular formula is C15H22FNO2. The Bertz CT molecular complexity index is 425. The minimum absolute atomic E-state index is 0.133. The number of nitrogens with one attached hydrogen (secondary N) is 1. The molecule has 1 aliphatic rings. The summed E-state index contributed by atoms with van der Waals surface area (Å²) in [5.41, 5.74) is 0.560. The molecule has 0 heterocycles. The lowest BCUT2D eigenvalue weighted by Gasteiger charge is -2.30. The zero-order valence-electron chi connectivity index (χ0n) is 11.5. The first-order valence-corrected chi connectivity index (χ1v) is 6.88. The van der Waals surface area contributed by atoms with Crippen LogP contribution in [0.2, 0.25) is 0 Å². The van der Waals surface area contributed by atoms with E-state index in [0.717, 1.165) is 25.7 Å². The molecule has 0 amide bonds. The maximum Gasteiger partial charge on any atom is 0.131 e. The van der Waals surface area contributed by atoms with Gasteiger partial charge in [-0.05, 0) is 44.7 Å². The molecule has 3 atom stereocenters. The number of hydrogen-bond donors (Lipinski definition) is 2. The lowest BCUT2D eigenvalue weighted by Crippen LogP contribution is -2.37. The highest BCUT2D eigenvalue weighted by Gasteiger charge is 2.24. The molecule has 106 valence electrons. The van der Waals surface area contributed by atoms with Gasteiger partial charge >= 0.3 is 0 Å². The normalized spacial score (nSPS) is 25.1. The van der Waals surface area contributed by atoms with Crippen molar-refractivity contribution in [2.24, 2.45) is 0 Å². The molecule has 0 saturated heterocycles. The van der Waals surface area contributed by atoms with E-state index in [1.165, 1.54) is 6.07 Å². The van der Waals surface area contributed by atoms with E-state index in [-0.39, 0.29) is 24.0 Å². The summed E-state index contributed by atoms with van der Waals surface area (Å²) in [6, 6.07) is 4.97. The fourth-order valence-electron chi connectivity index (χ4n) is 2.87. The minimum atomic E-state index is -0.254. The molecule has 1 aliphatic carbocycles. The van der Waals surface area contributed by atoms with Gasteiger partial charge in [-0.3, -0.25) is 0 Å². The van der Waals surface area contributed by atoms with Crippen molar-refractivity contribution >= 4 is 0 Å². The largest absolute Gasteiger partial charge is 0.496 e. The van der Waals surface area contributed by atoms with E-state index in [4.69, 9.17) is 4.74 Å². The Hall–Kier alpha value is -1.13. The second-order valence-electron chi connectivity index (χ2n) is 5.26. The van der Waals surface area contributed by atoms with Crippen LogP contribution >= 0.6 is 0 Å². The average molecular weight is 267 g/mol. The first kappa shape index (κ1) is 14.3. The highest BCUT2D eigenvalue weighted by Crippen LogP contribution is 2.29. The predicted molar refractivity (Wildman–Crippen MR) is 72.8 cm³/mol. The van der Waals surface area contributed by atoms with Crippen molar-refractivity contribution in [2.75, 3.05) is 7.11 Å². The summed E-state index contributed by atoms with van der Waals surface area (Å²) in [6.07, 6.45) is 3.41. The minimum Gasteiger partial charge on any atom is -0.496 e. The molecule has 4 heteroatoms. The van der Waals surface area contributed by atoms with Gasteiger partial charge in [0.2, 0.25) is 0 Å². The average Bonchev–Trinajstić information content (AvgIpc) is 2.38. The number of rotatable bonds is 4. The van der Waals surface area contributed by atoms with Crippen LogP contribution in [0.3, 0.4) is 0 Å². The van der Waals surface area contributed by atoms with Gasteiger partial charge in [0.1, 0.15) is 11.6 Å². The van der Waals surface area contributed by atoms with Crippen LogP contribution in [-0.4, -0.2) is 24.4 Å². The highest BCUT2D eigenvalue weighted by atomic mass is 19.1. The number of halogens is 1. The summed E-state index contributed by atoms with van der Waals surface area (Å²) in [5.74, 6) is 0.312. The lowest BCUT2D eigenvalue weighted by atomic mass is 9.92. The zero-order chi connectivity index (χ0) is 13.8. The van der Waals surface area contributed by atoms with Gasteiger partial charge in [0.05, 0.1) is 13.2 Å². The van der Waals surface area contributed by atoms with Crippen LogP contribution in [-0.2, 0) is 0 Å². The Kier molecular flexibility index (Phi) is 4.77. The Morgan fingerprint density at radius 2 is 2.21 bits per heavy atom. The van der Waals surface area contributed by atoms with Gasteiger partial charge < -0.3 is 15.2 Å². The smallest absolute Gasteiger partial charge is 0.131 e. The molecule has 0 aliphatic heterocycles. The van der Waals surface area contributed by atoms with Gasteiger partial charge in [-0.25, -0.2) is 4.39 Å². The first-order valence-electron chi connectivity index (χ1n) is 6.88. The van der Waals surface area contributed by atoms with E-state index in [9.17, 15) is 9.50 Å². The van der Waals surface area contributed by atoms with Crippen LogP contribution < -0.4 is 10.1 Å². The number of hydrogen-bond acceptors (Lipinski definition) is 3. The second-order valence-corrected chi connectivity index (χ2v) is 5.26. The summed E-state index contributed by atoms with van der Waals surface area (Å²) in [4.78, 5) is 0. The van der Waals surface area contributed by atoms with Crippen LogP contribution in [0.5, 0.6) is 5.75 Å². The van der Waals surface area contributed by atoms with Crippen molar-refractivity contribution in [2.45, 2.75) is 50.8 Å². The van der Waals surface area contributed by atoms with Crippen molar-refractivity contribution in [1.82, 2.24) is 5.32 Å². The fraction of sp³-hybridized carbons (Fsp3) is 0.600. The Morgan fingerprint density at radius 3 is 2.89 bits per heavy atom. The van der Waals surface area contributed by atoms with Crippen molar-refractivity contribution in [3.05, 3.63) is 29.6 Å². The fourth-order valence-corrected chi connectivity index (χ4v) is 2.87. The monoisotopic (exact) mass is 267 g/mol. The van der Waals surface area contributed by atoms with E-state index in [0.29, 0.717) is 11.3 Å². The Morgan fingerprint density at radius 1 is 1.42 bits per heavy atom. The van der Waals surface area contributed by atoms with Crippen molar-refractivity contribution in [1.29, 1.82) is 0 Å². The maximum atomic E-state index is 13.9. The van der Waals surface area contributed by atoms with E-state index >= 15 is 0 Å². The van der Waals surface area contributed by atoms with Crippen LogP contribution in [0, 0.1) is 5.82 Å². The number of ether oxygens (including phenoxy) is 1. The topological polar surface area (TPSA) is 41.5 Å². The highest BCUT2D eigenvalue weighted by molar-refractivity contribution is 5.37. The van der Waals surface area contributed by atoms with Gasteiger partial charge in [-0.1, -0.05) is 6.07 Å². The molecule has 1 fully saturated rings. The molecular weight excluding hydrogens is 245 g/mol. The summed E-state index contributed by atoms with van der Waals surface area (Å²) in [7, 11) is 1.55. The van der Waals surface area contributed by atoms with Gasteiger partial charge in [-0.2, -0.15) is 0 Å². The summed E-state index contributed by atoms with van der Waals surface area (Å²) >= 11 is 0. The van der Waals surface area contributed by atoms with E-state index in [2.05, 4.69) is 5.32 Å². The van der Waals surface area contributed by atoms with E-state index in [1.54, 1.807) is 19.2 Å². The van der Waals surface area contributed by atoms with E-state index < -0.39 is 0 Å². The molecule has 0 aromatic heterocycles. The summed E-state index contributed by atoms with van der Waals surface area (Å²) in [5, 5.41) is 13.1. The third kappa shape index (κ3) is 3.45. The summed E-state index contributed by atoms with van der Waals surface area (Å²) < 4.78 is 19.2. The molecule has 0 spiro atoms. The van der Waals surface area contributed by atoms with Crippen LogP contribution in [0.1, 0.15) is 44.2 Å². The van der Waals surface area contributed by atoms with Gasteiger partial charge in [0.25, 0.3) is 0 Å². The quantitative estimate of drug-likeness (QED) is 0.881. The third-order valence-corrected chi connectivity index (χ3v) is 3.80. The molecule has 3 nitrogen and oxygen atoms in total. The van der Waals surface area contributed by atoms with Gasteiger partial charge in [0.15, 0.2) is 0 Å². The van der Waals surface area contributed by atoms with Crippen molar-refractivity contribution < 1.29 is 14.2 Å². The first-order chi connectivity index (χ1) is 9.11. The van der Waals surface area contributed by atoms with Gasteiger partial charge in [-0.15, -0.1) is 0 Å². The van der Waals surface area contributed by atoms with Crippen LogP contribution in [0.15, 0.2) is 18.2 Å². The molecule has 0 radical (unpaired) electrons. The number of benzene rings is 1.